The van der Waals surface area contributed by atoms with Crippen LogP contribution in [0.1, 0.15) is 39.0 Å². The molecule has 0 aromatic carbocycles. The Labute approximate surface area is 97.6 Å². The van der Waals surface area contributed by atoms with E-state index in [9.17, 15) is 4.79 Å². The fourth-order valence-electron chi connectivity index (χ4n) is 2.64. The Morgan fingerprint density at radius 1 is 1.44 bits per heavy atom. The topological polar surface area (TPSA) is 53.2 Å². The zero-order chi connectivity index (χ0) is 11.4. The van der Waals surface area contributed by atoms with Crippen LogP contribution >= 0.6 is 0 Å². The molecule has 3 N–H and O–H groups in total. The highest BCUT2D eigenvalue weighted by molar-refractivity contribution is 5.78. The van der Waals surface area contributed by atoms with Crippen molar-refractivity contribution in [2.45, 2.75) is 57.2 Å². The molecule has 0 saturated carbocycles. The molecule has 2 heterocycles. The second-order valence-corrected chi connectivity index (χ2v) is 5.14. The molecule has 3 unspecified atom stereocenters. The number of amides is 1. The second kappa shape index (κ2) is 5.64. The summed E-state index contributed by atoms with van der Waals surface area (Å²) in [5, 5.41) is 10.0. The quantitative estimate of drug-likeness (QED) is 0.634. The van der Waals surface area contributed by atoms with Gasteiger partial charge in [0.15, 0.2) is 0 Å². The maximum absolute atomic E-state index is 11.0. The van der Waals surface area contributed by atoms with Gasteiger partial charge in [-0.25, -0.2) is 0 Å². The van der Waals surface area contributed by atoms with E-state index in [4.69, 9.17) is 0 Å². The molecule has 2 aliphatic rings. The highest BCUT2D eigenvalue weighted by Gasteiger charge is 2.22. The molecule has 0 radical (unpaired) electrons. The van der Waals surface area contributed by atoms with E-state index < -0.39 is 0 Å². The van der Waals surface area contributed by atoms with Gasteiger partial charge in [-0.15, -0.1) is 0 Å². The van der Waals surface area contributed by atoms with Crippen LogP contribution in [0.2, 0.25) is 0 Å². The summed E-state index contributed by atoms with van der Waals surface area (Å²) in [5.41, 5.74) is 0. The molecule has 1 amide bonds. The molecule has 0 bridgehead atoms. The largest absolute Gasteiger partial charge is 0.352 e. The fourth-order valence-corrected chi connectivity index (χ4v) is 2.64. The van der Waals surface area contributed by atoms with Crippen molar-refractivity contribution in [1.82, 2.24) is 16.0 Å². The summed E-state index contributed by atoms with van der Waals surface area (Å²) in [6.07, 6.45) is 5.51. The number of hydrogen-bond donors (Lipinski definition) is 3. The van der Waals surface area contributed by atoms with Crippen LogP contribution in [0.5, 0.6) is 0 Å². The van der Waals surface area contributed by atoms with Crippen molar-refractivity contribution < 1.29 is 4.79 Å². The SMILES string of the molecule is CC(CC1CCCN1)NCC1CCC(=O)N1. The Morgan fingerprint density at radius 3 is 2.94 bits per heavy atom. The number of carbonyl (C=O) groups excluding carboxylic acids is 1. The molecule has 4 heteroatoms. The molecule has 2 rings (SSSR count). The van der Waals surface area contributed by atoms with Crippen LogP contribution in [0.4, 0.5) is 0 Å². The minimum absolute atomic E-state index is 0.205. The lowest BCUT2D eigenvalue weighted by Crippen LogP contribution is -2.41. The standard InChI is InChI=1S/C12H23N3O/c1-9(7-10-3-2-6-13-10)14-8-11-4-5-12(16)15-11/h9-11,13-14H,2-8H2,1H3,(H,15,16). The molecule has 0 aromatic rings. The van der Waals surface area contributed by atoms with Crippen molar-refractivity contribution in [1.29, 1.82) is 0 Å². The van der Waals surface area contributed by atoms with Crippen molar-refractivity contribution in [3.63, 3.8) is 0 Å². The van der Waals surface area contributed by atoms with Gasteiger partial charge in [0.2, 0.25) is 5.91 Å². The molecule has 2 saturated heterocycles. The zero-order valence-corrected chi connectivity index (χ0v) is 10.1. The van der Waals surface area contributed by atoms with E-state index in [1.54, 1.807) is 0 Å². The van der Waals surface area contributed by atoms with E-state index in [2.05, 4.69) is 22.9 Å². The van der Waals surface area contributed by atoms with Crippen LogP contribution in [0.15, 0.2) is 0 Å². The molecule has 4 nitrogen and oxygen atoms in total. The summed E-state index contributed by atoms with van der Waals surface area (Å²) < 4.78 is 0. The van der Waals surface area contributed by atoms with E-state index in [1.807, 2.05) is 0 Å². The highest BCUT2D eigenvalue weighted by Crippen LogP contribution is 2.11. The maximum atomic E-state index is 11.0. The predicted molar refractivity (Wildman–Crippen MR) is 64.3 cm³/mol. The minimum atomic E-state index is 0.205. The summed E-state index contributed by atoms with van der Waals surface area (Å²) in [6.45, 7) is 4.33. The highest BCUT2D eigenvalue weighted by atomic mass is 16.1. The molecule has 2 fully saturated rings. The molecule has 3 atom stereocenters. The number of nitrogens with one attached hydrogen (secondary N) is 3. The lowest BCUT2D eigenvalue weighted by Gasteiger charge is -2.20. The molecule has 2 aliphatic heterocycles. The monoisotopic (exact) mass is 225 g/mol. The summed E-state index contributed by atoms with van der Waals surface area (Å²) >= 11 is 0. The van der Waals surface area contributed by atoms with E-state index in [-0.39, 0.29) is 5.91 Å². The zero-order valence-electron chi connectivity index (χ0n) is 10.1. The van der Waals surface area contributed by atoms with Gasteiger partial charge in [0.1, 0.15) is 0 Å². The Bertz CT molecular complexity index is 238. The molecular formula is C12H23N3O. The van der Waals surface area contributed by atoms with Crippen LogP contribution < -0.4 is 16.0 Å². The second-order valence-electron chi connectivity index (χ2n) is 5.14. The lowest BCUT2D eigenvalue weighted by atomic mass is 10.1. The smallest absolute Gasteiger partial charge is 0.220 e. The normalized spacial score (nSPS) is 31.7. The van der Waals surface area contributed by atoms with E-state index in [1.165, 1.54) is 25.8 Å². The van der Waals surface area contributed by atoms with Gasteiger partial charge < -0.3 is 16.0 Å². The number of hydrogen-bond acceptors (Lipinski definition) is 3. The third kappa shape index (κ3) is 3.46. The molecule has 0 aromatic heterocycles. The van der Waals surface area contributed by atoms with Gasteiger partial charge >= 0.3 is 0 Å². The van der Waals surface area contributed by atoms with Crippen molar-refractivity contribution in [3.05, 3.63) is 0 Å². The first-order chi connectivity index (χ1) is 7.74. The minimum Gasteiger partial charge on any atom is -0.352 e. The summed E-state index contributed by atoms with van der Waals surface area (Å²) in [6, 6.07) is 1.58. The Hall–Kier alpha value is -0.610. The van der Waals surface area contributed by atoms with Crippen molar-refractivity contribution in [2.75, 3.05) is 13.1 Å². The van der Waals surface area contributed by atoms with E-state index >= 15 is 0 Å². The van der Waals surface area contributed by atoms with Crippen LogP contribution in [0.25, 0.3) is 0 Å². The first-order valence-corrected chi connectivity index (χ1v) is 6.50. The maximum Gasteiger partial charge on any atom is 0.220 e. The average molecular weight is 225 g/mol. The van der Waals surface area contributed by atoms with Crippen LogP contribution in [-0.4, -0.2) is 37.1 Å². The Balaban J connectivity index is 1.59. The van der Waals surface area contributed by atoms with Gasteiger partial charge in [0.05, 0.1) is 0 Å². The first-order valence-electron chi connectivity index (χ1n) is 6.50. The average Bonchev–Trinajstić information content (AvgIpc) is 2.87. The molecule has 0 spiro atoms. The Morgan fingerprint density at radius 2 is 2.31 bits per heavy atom. The Kier molecular flexibility index (Phi) is 4.18. The van der Waals surface area contributed by atoms with Crippen molar-refractivity contribution in [3.8, 4) is 0 Å². The first kappa shape index (κ1) is 11.9. The summed E-state index contributed by atoms with van der Waals surface area (Å²) in [7, 11) is 0. The van der Waals surface area contributed by atoms with Gasteiger partial charge in [-0.05, 0) is 39.2 Å². The van der Waals surface area contributed by atoms with E-state index in [0.29, 0.717) is 24.5 Å². The van der Waals surface area contributed by atoms with Gasteiger partial charge in [0.25, 0.3) is 0 Å². The summed E-state index contributed by atoms with van der Waals surface area (Å²) in [5.74, 6) is 0.205. The third-order valence-electron chi connectivity index (χ3n) is 3.60. The summed E-state index contributed by atoms with van der Waals surface area (Å²) in [4.78, 5) is 11.0. The van der Waals surface area contributed by atoms with Gasteiger partial charge in [-0.2, -0.15) is 0 Å². The molecule has 16 heavy (non-hydrogen) atoms. The molecular weight excluding hydrogens is 202 g/mol. The number of rotatable bonds is 5. The fraction of sp³-hybridized carbons (Fsp3) is 0.917. The van der Waals surface area contributed by atoms with Gasteiger partial charge in [-0.3, -0.25) is 4.79 Å². The van der Waals surface area contributed by atoms with Crippen LogP contribution in [-0.2, 0) is 4.79 Å². The number of carbonyl (C=O) groups is 1. The third-order valence-corrected chi connectivity index (χ3v) is 3.60. The van der Waals surface area contributed by atoms with Crippen LogP contribution in [0, 0.1) is 0 Å². The van der Waals surface area contributed by atoms with Crippen LogP contribution in [0.3, 0.4) is 0 Å². The molecule has 92 valence electrons. The van der Waals surface area contributed by atoms with Crippen molar-refractivity contribution in [2.24, 2.45) is 0 Å². The lowest BCUT2D eigenvalue weighted by molar-refractivity contribution is -0.119. The van der Waals surface area contributed by atoms with Crippen molar-refractivity contribution >= 4 is 5.91 Å². The molecule has 0 aliphatic carbocycles. The van der Waals surface area contributed by atoms with E-state index in [0.717, 1.165) is 13.0 Å². The predicted octanol–water partition coefficient (Wildman–Crippen LogP) is 0.385. The van der Waals surface area contributed by atoms with Gasteiger partial charge in [-0.1, -0.05) is 0 Å². The van der Waals surface area contributed by atoms with Gasteiger partial charge in [0, 0.05) is 31.1 Å².